The molecule has 0 fully saturated rings. The summed E-state index contributed by atoms with van der Waals surface area (Å²) in [7, 11) is 0. The molecular formula is C14H20F2O. The zero-order valence-electron chi connectivity index (χ0n) is 10.6. The fraction of sp³-hybridized carbons (Fsp3) is 0.571. The van der Waals surface area contributed by atoms with Gasteiger partial charge in [-0.1, -0.05) is 20.8 Å². The summed E-state index contributed by atoms with van der Waals surface area (Å²) >= 11 is 0. The number of benzene rings is 1. The van der Waals surface area contributed by atoms with Crippen LogP contribution in [-0.2, 0) is 0 Å². The van der Waals surface area contributed by atoms with Crippen LogP contribution in [0, 0.1) is 23.5 Å². The van der Waals surface area contributed by atoms with Crippen molar-refractivity contribution in [1.29, 1.82) is 0 Å². The van der Waals surface area contributed by atoms with Crippen LogP contribution in [0.15, 0.2) is 18.2 Å². The van der Waals surface area contributed by atoms with Gasteiger partial charge >= 0.3 is 0 Å². The lowest BCUT2D eigenvalue weighted by Crippen LogP contribution is -2.08. The normalized spacial score (nSPS) is 15.0. The Morgan fingerprint density at radius 3 is 2.35 bits per heavy atom. The smallest absolute Gasteiger partial charge is 0.129 e. The number of hydrogen-bond acceptors (Lipinski definition) is 1. The number of rotatable bonds is 5. The molecule has 17 heavy (non-hydrogen) atoms. The van der Waals surface area contributed by atoms with E-state index in [1.807, 2.05) is 6.92 Å². The maximum Gasteiger partial charge on any atom is 0.129 e. The molecule has 0 aromatic heterocycles. The van der Waals surface area contributed by atoms with Gasteiger partial charge in [-0.2, -0.15) is 0 Å². The van der Waals surface area contributed by atoms with Crippen LogP contribution in [0.4, 0.5) is 8.78 Å². The molecule has 0 aliphatic heterocycles. The Bertz CT molecular complexity index is 363. The van der Waals surface area contributed by atoms with Crippen molar-refractivity contribution in [3.05, 3.63) is 35.4 Å². The summed E-state index contributed by atoms with van der Waals surface area (Å²) < 4.78 is 26.4. The van der Waals surface area contributed by atoms with Gasteiger partial charge < -0.3 is 5.11 Å². The lowest BCUT2D eigenvalue weighted by atomic mass is 9.91. The van der Waals surface area contributed by atoms with Gasteiger partial charge in [0.2, 0.25) is 0 Å². The molecule has 1 nitrogen and oxygen atoms in total. The predicted molar refractivity (Wildman–Crippen MR) is 64.6 cm³/mol. The second-order valence-electron chi connectivity index (χ2n) is 5.15. The van der Waals surface area contributed by atoms with E-state index in [9.17, 15) is 13.9 Å². The Balaban J connectivity index is 2.69. The van der Waals surface area contributed by atoms with Crippen LogP contribution in [0.1, 0.15) is 45.3 Å². The molecule has 0 radical (unpaired) electrons. The molecular weight excluding hydrogens is 222 g/mol. The van der Waals surface area contributed by atoms with E-state index in [-0.39, 0.29) is 11.5 Å². The van der Waals surface area contributed by atoms with E-state index in [4.69, 9.17) is 0 Å². The van der Waals surface area contributed by atoms with Gasteiger partial charge in [0.1, 0.15) is 11.6 Å². The zero-order valence-corrected chi connectivity index (χ0v) is 10.6. The first-order chi connectivity index (χ1) is 7.90. The number of aliphatic hydroxyl groups is 1. The SMILES string of the molecule is CC(C)CC(C)CC(O)c1cc(F)ccc1F. The summed E-state index contributed by atoms with van der Waals surface area (Å²) in [5.74, 6) is -0.241. The molecule has 0 aliphatic carbocycles. The highest BCUT2D eigenvalue weighted by Crippen LogP contribution is 2.27. The summed E-state index contributed by atoms with van der Waals surface area (Å²) in [6.45, 7) is 6.22. The molecule has 3 heteroatoms. The van der Waals surface area contributed by atoms with Crippen molar-refractivity contribution in [1.82, 2.24) is 0 Å². The summed E-state index contributed by atoms with van der Waals surface area (Å²) in [6, 6.07) is 3.19. The third kappa shape index (κ3) is 4.43. The number of hydrogen-bond donors (Lipinski definition) is 1. The van der Waals surface area contributed by atoms with E-state index >= 15 is 0 Å². The van der Waals surface area contributed by atoms with Crippen molar-refractivity contribution in [2.75, 3.05) is 0 Å². The van der Waals surface area contributed by atoms with E-state index in [2.05, 4.69) is 13.8 Å². The quantitative estimate of drug-likeness (QED) is 0.825. The third-order valence-corrected chi connectivity index (χ3v) is 2.82. The van der Waals surface area contributed by atoms with Crippen LogP contribution in [0.5, 0.6) is 0 Å². The van der Waals surface area contributed by atoms with Crippen molar-refractivity contribution in [3.8, 4) is 0 Å². The van der Waals surface area contributed by atoms with Crippen LogP contribution in [0.3, 0.4) is 0 Å². The first-order valence-electron chi connectivity index (χ1n) is 6.03. The topological polar surface area (TPSA) is 20.2 Å². The minimum absolute atomic E-state index is 0.0561. The molecule has 0 spiro atoms. The van der Waals surface area contributed by atoms with Gasteiger partial charge in [-0.25, -0.2) is 8.78 Å². The molecule has 1 N–H and O–H groups in total. The molecule has 1 aromatic carbocycles. The molecule has 0 aliphatic rings. The molecule has 0 bridgehead atoms. The van der Waals surface area contributed by atoms with E-state index in [0.717, 1.165) is 24.6 Å². The Labute approximate surface area is 101 Å². The van der Waals surface area contributed by atoms with Crippen LogP contribution in [-0.4, -0.2) is 5.11 Å². The van der Waals surface area contributed by atoms with Crippen molar-refractivity contribution in [2.24, 2.45) is 11.8 Å². The van der Waals surface area contributed by atoms with Crippen LogP contribution < -0.4 is 0 Å². The number of aliphatic hydroxyl groups excluding tert-OH is 1. The van der Waals surface area contributed by atoms with Crippen molar-refractivity contribution in [2.45, 2.75) is 39.7 Å². The average Bonchev–Trinajstić information content (AvgIpc) is 2.20. The first-order valence-corrected chi connectivity index (χ1v) is 6.03. The minimum Gasteiger partial charge on any atom is -0.388 e. The second kappa shape index (κ2) is 6.10. The van der Waals surface area contributed by atoms with E-state index in [0.29, 0.717) is 12.3 Å². The van der Waals surface area contributed by atoms with E-state index in [1.165, 1.54) is 0 Å². The standard InChI is InChI=1S/C14H20F2O/c1-9(2)6-10(3)7-14(17)12-8-11(15)4-5-13(12)16/h4-5,8-10,14,17H,6-7H2,1-3H3. The lowest BCUT2D eigenvalue weighted by Gasteiger charge is -2.18. The minimum atomic E-state index is -0.931. The van der Waals surface area contributed by atoms with Gasteiger partial charge in [0.05, 0.1) is 6.10 Å². The van der Waals surface area contributed by atoms with Crippen molar-refractivity contribution < 1.29 is 13.9 Å². The molecule has 2 unspecified atom stereocenters. The monoisotopic (exact) mass is 242 g/mol. The maximum atomic E-state index is 13.4. The summed E-state index contributed by atoms with van der Waals surface area (Å²) in [5, 5.41) is 9.90. The Kier molecular flexibility index (Phi) is 5.06. The lowest BCUT2D eigenvalue weighted by molar-refractivity contribution is 0.137. The van der Waals surface area contributed by atoms with Gasteiger partial charge in [0, 0.05) is 5.56 Å². The highest BCUT2D eigenvalue weighted by Gasteiger charge is 2.17. The Hall–Kier alpha value is -0.960. The van der Waals surface area contributed by atoms with Crippen LogP contribution in [0.2, 0.25) is 0 Å². The largest absolute Gasteiger partial charge is 0.388 e. The first kappa shape index (κ1) is 14.1. The second-order valence-corrected chi connectivity index (χ2v) is 5.15. The third-order valence-electron chi connectivity index (χ3n) is 2.82. The maximum absolute atomic E-state index is 13.4. The molecule has 0 amide bonds. The summed E-state index contributed by atoms with van der Waals surface area (Å²) in [4.78, 5) is 0. The van der Waals surface area contributed by atoms with Gasteiger partial charge in [0.25, 0.3) is 0 Å². The molecule has 0 saturated heterocycles. The van der Waals surface area contributed by atoms with E-state index < -0.39 is 17.7 Å². The van der Waals surface area contributed by atoms with Crippen molar-refractivity contribution >= 4 is 0 Å². The zero-order chi connectivity index (χ0) is 13.0. The average molecular weight is 242 g/mol. The fourth-order valence-corrected chi connectivity index (χ4v) is 2.18. The van der Waals surface area contributed by atoms with Gasteiger partial charge in [0.15, 0.2) is 0 Å². The summed E-state index contributed by atoms with van der Waals surface area (Å²) in [5.41, 5.74) is 0.0561. The molecule has 0 saturated carbocycles. The molecule has 0 heterocycles. The predicted octanol–water partition coefficient (Wildman–Crippen LogP) is 4.07. The molecule has 2 atom stereocenters. The molecule has 1 aromatic rings. The van der Waals surface area contributed by atoms with Gasteiger partial charge in [-0.05, 0) is 42.9 Å². The summed E-state index contributed by atoms with van der Waals surface area (Å²) in [6.07, 6.45) is 0.492. The van der Waals surface area contributed by atoms with E-state index in [1.54, 1.807) is 0 Å². The van der Waals surface area contributed by atoms with Crippen molar-refractivity contribution in [3.63, 3.8) is 0 Å². The molecule has 1 rings (SSSR count). The van der Waals surface area contributed by atoms with Crippen LogP contribution in [0.25, 0.3) is 0 Å². The Morgan fingerprint density at radius 2 is 1.76 bits per heavy atom. The fourth-order valence-electron chi connectivity index (χ4n) is 2.18. The van der Waals surface area contributed by atoms with Gasteiger partial charge in [-0.3, -0.25) is 0 Å². The highest BCUT2D eigenvalue weighted by atomic mass is 19.1. The Morgan fingerprint density at radius 1 is 1.12 bits per heavy atom. The highest BCUT2D eigenvalue weighted by molar-refractivity contribution is 5.21. The number of halogens is 2. The van der Waals surface area contributed by atoms with Crippen LogP contribution >= 0.6 is 0 Å². The molecule has 96 valence electrons. The van der Waals surface area contributed by atoms with Gasteiger partial charge in [-0.15, -0.1) is 0 Å².